The van der Waals surface area contributed by atoms with Gasteiger partial charge in [-0.15, -0.1) is 0 Å². The Bertz CT molecular complexity index is 1860. The number of H-pyrrole nitrogens is 1. The quantitative estimate of drug-likeness (QED) is 0.134. The molecule has 2 bridgehead atoms. The minimum Gasteiger partial charge on any atom is -0.870 e. The number of rotatable bonds is 12. The van der Waals surface area contributed by atoms with Gasteiger partial charge in [0, 0.05) is 18.5 Å². The summed E-state index contributed by atoms with van der Waals surface area (Å²) in [4.78, 5) is 33.8. The highest BCUT2D eigenvalue weighted by molar-refractivity contribution is 6.35. The van der Waals surface area contributed by atoms with Crippen LogP contribution in [0.4, 0.5) is 23.7 Å². The van der Waals surface area contributed by atoms with E-state index in [1.807, 2.05) is 0 Å². The first kappa shape index (κ1) is 38.7. The monoisotopic (exact) mass is 761 g/mol. The number of aromatic nitrogens is 1. The van der Waals surface area contributed by atoms with Crippen molar-refractivity contribution in [3.8, 4) is 11.5 Å². The molecule has 4 heterocycles. The maximum absolute atomic E-state index is 15.1. The van der Waals surface area contributed by atoms with Gasteiger partial charge < -0.3 is 24.4 Å². The number of pyridine rings is 1. The molecule has 4 aromatic rings. The molecule has 3 aliphatic heterocycles. The number of nitrogens with one attached hydrogen (secondary N) is 1. The molecule has 0 radical (unpaired) electrons. The molecule has 2 atom stereocenters. The smallest absolute Gasteiger partial charge is 0.415 e. The van der Waals surface area contributed by atoms with Crippen LogP contribution in [0.2, 0.25) is 10.0 Å². The Kier molecular flexibility index (Phi) is 12.9. The lowest BCUT2D eigenvalue weighted by atomic mass is 9.86. The maximum Gasteiger partial charge on any atom is 0.415 e. The zero-order valence-corrected chi connectivity index (χ0v) is 29.5. The van der Waals surface area contributed by atoms with Crippen LogP contribution in [0.25, 0.3) is 0 Å². The Labute approximate surface area is 308 Å². The number of halogens is 5. The summed E-state index contributed by atoms with van der Waals surface area (Å²) >= 11 is 12.9. The summed E-state index contributed by atoms with van der Waals surface area (Å²) < 4.78 is 63.0. The summed E-state index contributed by atoms with van der Waals surface area (Å²) in [6.45, 7) is -0.610. The first-order valence-corrected chi connectivity index (χ1v) is 17.1. The van der Waals surface area contributed by atoms with Crippen LogP contribution in [-0.4, -0.2) is 61.9 Å². The fourth-order valence-electron chi connectivity index (χ4n) is 6.49. The number of carbonyl (C=O) groups excluding carboxylic acids is 2. The number of hydrogen-bond acceptors (Lipinski definition) is 8. The van der Waals surface area contributed by atoms with Crippen molar-refractivity contribution in [3.63, 3.8) is 0 Å². The average Bonchev–Trinajstić information content (AvgIpc) is 3.12. The lowest BCUT2D eigenvalue weighted by molar-refractivity contribution is -0.377. The minimum absolute atomic E-state index is 0. The van der Waals surface area contributed by atoms with E-state index in [0.717, 1.165) is 25.9 Å². The van der Waals surface area contributed by atoms with Gasteiger partial charge in [-0.1, -0.05) is 53.5 Å². The third-order valence-corrected chi connectivity index (χ3v) is 9.80. The Morgan fingerprint density at radius 3 is 2.37 bits per heavy atom. The number of benzene rings is 3. The van der Waals surface area contributed by atoms with E-state index in [1.165, 1.54) is 60.8 Å². The molecule has 3 saturated heterocycles. The van der Waals surface area contributed by atoms with Crippen molar-refractivity contribution in [3.05, 3.63) is 117 Å². The van der Waals surface area contributed by atoms with Gasteiger partial charge in [0.15, 0.2) is 23.9 Å². The van der Waals surface area contributed by atoms with E-state index in [0.29, 0.717) is 23.2 Å². The summed E-state index contributed by atoms with van der Waals surface area (Å²) in [5.41, 5.74) is 1.55. The van der Waals surface area contributed by atoms with Crippen molar-refractivity contribution in [2.45, 2.75) is 44.6 Å². The molecule has 3 aromatic carbocycles. The van der Waals surface area contributed by atoms with Crippen LogP contribution in [0.5, 0.6) is 11.5 Å². The molecular weight excluding hydrogens is 726 g/mol. The van der Waals surface area contributed by atoms with Gasteiger partial charge in [-0.3, -0.25) is 9.80 Å². The lowest BCUT2D eigenvalue weighted by Crippen LogP contribution is -2.53. The molecule has 3 fully saturated rings. The Balaban J connectivity index is 0.00000523. The second kappa shape index (κ2) is 17.3. The third-order valence-electron chi connectivity index (χ3n) is 9.13. The number of nitrogens with zero attached hydrogens (tertiary/aromatic N) is 2. The predicted octanol–water partition coefficient (Wildman–Crippen LogP) is 7.76. The Hall–Kier alpha value is -4.56. The number of aromatic amines is 1. The Morgan fingerprint density at radius 1 is 0.981 bits per heavy atom. The summed E-state index contributed by atoms with van der Waals surface area (Å²) in [6, 6.07) is 16.5. The summed E-state index contributed by atoms with van der Waals surface area (Å²) in [6.07, 6.45) is 2.93. The van der Waals surface area contributed by atoms with E-state index in [1.54, 1.807) is 30.3 Å². The fraction of sp³-hybridized carbons (Fsp3) is 0.324. The number of piperidine rings is 3. The van der Waals surface area contributed by atoms with Crippen LogP contribution >= 0.6 is 23.2 Å². The molecule has 15 heteroatoms. The number of anilines is 1. The summed E-state index contributed by atoms with van der Waals surface area (Å²) in [7, 11) is 1.29. The Morgan fingerprint density at radius 2 is 1.71 bits per heavy atom. The SMILES string of the molecule is COc1cc([C@H](Cc2c(Cl)c[nH+]cc2Cl)OC(=O)c2cccc(CN(C(=O)O[C@H]3CN4CCC3CC4)c3ccccc3F)c2)ccc1OC(F)F.[OH-]. The molecular formula is C37H36Cl2F3N3O7. The first-order chi connectivity index (χ1) is 24.6. The fourth-order valence-corrected chi connectivity index (χ4v) is 7.03. The average molecular weight is 763 g/mol. The van der Waals surface area contributed by atoms with Crippen LogP contribution in [-0.2, 0) is 22.4 Å². The summed E-state index contributed by atoms with van der Waals surface area (Å²) in [5.74, 6) is -1.30. The summed E-state index contributed by atoms with van der Waals surface area (Å²) in [5, 5.41) is 0.571. The number of amides is 1. The standard InChI is InChI=1S/C37H34Cl2F3N3O6.H2O/c1-48-33-16-24(9-10-31(33)50-36(41)42)32(17-26-27(38)18-43-19-28(26)39)49-35(46)25-6-4-5-22(15-25)20-45(30-8-3-2-7-29(30)40)37(47)51-34-21-44-13-11-23(34)12-14-44;/h2-10,15-16,18-19,23,32,34,36H,11-14,17,20-21H2,1H3;1H2/t32-,34-;/m0./s1. The molecule has 2 N–H and O–H groups in total. The predicted molar refractivity (Wildman–Crippen MR) is 185 cm³/mol. The van der Waals surface area contributed by atoms with Crippen molar-refractivity contribution < 1.29 is 52.2 Å². The number of para-hydroxylation sites is 1. The van der Waals surface area contributed by atoms with Crippen LogP contribution < -0.4 is 19.4 Å². The normalized spacial score (nSPS) is 18.2. The van der Waals surface area contributed by atoms with E-state index >= 15 is 4.39 Å². The molecule has 52 heavy (non-hydrogen) atoms. The van der Waals surface area contributed by atoms with Gasteiger partial charge >= 0.3 is 18.7 Å². The molecule has 1 amide bonds. The third kappa shape index (κ3) is 9.08. The molecule has 0 unspecified atom stereocenters. The molecule has 1 aromatic heterocycles. The van der Waals surface area contributed by atoms with Gasteiger partial charge in [-0.2, -0.15) is 8.78 Å². The molecule has 0 saturated carbocycles. The highest BCUT2D eigenvalue weighted by Crippen LogP contribution is 2.36. The number of esters is 1. The van der Waals surface area contributed by atoms with Crippen molar-refractivity contribution in [2.24, 2.45) is 5.92 Å². The minimum atomic E-state index is -3.08. The van der Waals surface area contributed by atoms with Crippen molar-refractivity contribution in [1.29, 1.82) is 0 Å². The van der Waals surface area contributed by atoms with E-state index < -0.39 is 30.6 Å². The zero-order valence-electron chi connectivity index (χ0n) is 27.9. The van der Waals surface area contributed by atoms with Crippen molar-refractivity contribution in [2.75, 3.05) is 31.6 Å². The van der Waals surface area contributed by atoms with Crippen LogP contribution in [0, 0.1) is 11.7 Å². The van der Waals surface area contributed by atoms with Gasteiger partial charge in [-0.25, -0.2) is 19.0 Å². The second-order valence-electron chi connectivity index (χ2n) is 12.3. The van der Waals surface area contributed by atoms with E-state index in [9.17, 15) is 18.4 Å². The molecule has 10 nitrogen and oxygen atoms in total. The first-order valence-electron chi connectivity index (χ1n) is 16.3. The molecule has 3 aliphatic rings. The van der Waals surface area contributed by atoms with Gasteiger partial charge in [0.05, 0.1) is 24.9 Å². The number of ether oxygens (including phenoxy) is 4. The second-order valence-corrected chi connectivity index (χ2v) is 13.1. The molecule has 276 valence electrons. The molecule has 7 rings (SSSR count). The van der Waals surface area contributed by atoms with Gasteiger partial charge in [0.2, 0.25) is 0 Å². The maximum atomic E-state index is 15.1. The van der Waals surface area contributed by atoms with E-state index in [-0.39, 0.29) is 63.3 Å². The van der Waals surface area contributed by atoms with Gasteiger partial charge in [0.1, 0.15) is 28.1 Å². The van der Waals surface area contributed by atoms with E-state index in [4.69, 9.17) is 37.4 Å². The number of alkyl halides is 2. The number of hydrogen-bond donors (Lipinski definition) is 0. The van der Waals surface area contributed by atoms with Gasteiger partial charge in [0.25, 0.3) is 0 Å². The zero-order chi connectivity index (χ0) is 36.1. The van der Waals surface area contributed by atoms with E-state index in [2.05, 4.69) is 14.6 Å². The highest BCUT2D eigenvalue weighted by atomic mass is 35.5. The van der Waals surface area contributed by atoms with Crippen LogP contribution in [0.1, 0.15) is 46.0 Å². The largest absolute Gasteiger partial charge is 0.870 e. The number of fused-ring (bicyclic) bond motifs is 3. The topological polar surface area (TPSA) is 122 Å². The number of methoxy groups -OCH3 is 1. The van der Waals surface area contributed by atoms with Crippen LogP contribution in [0.3, 0.4) is 0 Å². The van der Waals surface area contributed by atoms with Crippen molar-refractivity contribution in [1.82, 2.24) is 4.90 Å². The lowest BCUT2D eigenvalue weighted by Gasteiger charge is -2.44. The highest BCUT2D eigenvalue weighted by Gasteiger charge is 2.38. The van der Waals surface area contributed by atoms with Gasteiger partial charge in [-0.05, 0) is 79.4 Å². The van der Waals surface area contributed by atoms with Crippen molar-refractivity contribution >= 4 is 41.0 Å². The molecule has 0 spiro atoms. The van der Waals surface area contributed by atoms with Crippen LogP contribution in [0.15, 0.2) is 79.1 Å². The number of carbonyl (C=O) groups is 2. The molecule has 0 aliphatic carbocycles.